The van der Waals surface area contributed by atoms with Crippen molar-refractivity contribution in [3.63, 3.8) is 0 Å². The summed E-state index contributed by atoms with van der Waals surface area (Å²) in [4.78, 5) is 14.1. The van der Waals surface area contributed by atoms with Crippen molar-refractivity contribution in [1.29, 1.82) is 0 Å². The lowest BCUT2D eigenvalue weighted by Crippen LogP contribution is -2.34. The number of amides is 1. The highest BCUT2D eigenvalue weighted by Gasteiger charge is 2.27. The van der Waals surface area contributed by atoms with E-state index in [2.05, 4.69) is 12.1 Å². The van der Waals surface area contributed by atoms with Gasteiger partial charge in [-0.05, 0) is 30.4 Å². The first-order chi connectivity index (χ1) is 8.24. The van der Waals surface area contributed by atoms with Gasteiger partial charge in [-0.3, -0.25) is 4.79 Å². The Balaban J connectivity index is 2.20. The average molecular weight is 252 g/mol. The van der Waals surface area contributed by atoms with Gasteiger partial charge in [-0.1, -0.05) is 24.3 Å². The summed E-state index contributed by atoms with van der Waals surface area (Å²) in [7, 11) is 1.84. The zero-order valence-corrected chi connectivity index (χ0v) is 10.9. The second-order valence-corrected chi connectivity index (χ2v) is 4.97. The predicted octanol–water partition coefficient (Wildman–Crippen LogP) is 2.80. The maximum Gasteiger partial charge on any atom is 0.229 e. The van der Waals surface area contributed by atoms with Gasteiger partial charge in [0.2, 0.25) is 5.91 Å². The number of carbonyl (C=O) groups excluding carboxylic acids is 1. The van der Waals surface area contributed by atoms with Crippen LogP contribution in [0.25, 0.3) is 0 Å². The number of hydrogen-bond acceptors (Lipinski definition) is 1. The number of halogens is 1. The van der Waals surface area contributed by atoms with Crippen LogP contribution in [0.3, 0.4) is 0 Å². The molecule has 0 fully saturated rings. The normalized spacial score (nSPS) is 18.6. The number of hydrogen-bond donors (Lipinski definition) is 0. The van der Waals surface area contributed by atoms with Gasteiger partial charge in [0.05, 0.1) is 5.92 Å². The molecular weight excluding hydrogens is 234 g/mol. The highest BCUT2D eigenvalue weighted by Crippen LogP contribution is 2.32. The van der Waals surface area contributed by atoms with Crippen molar-refractivity contribution in [2.75, 3.05) is 19.5 Å². The van der Waals surface area contributed by atoms with Crippen molar-refractivity contribution in [3.8, 4) is 0 Å². The van der Waals surface area contributed by atoms with E-state index in [-0.39, 0.29) is 11.8 Å². The first-order valence-electron chi connectivity index (χ1n) is 6.12. The molecular formula is C14H18ClNO. The minimum absolute atomic E-state index is 0.0353. The molecule has 92 valence electrons. The van der Waals surface area contributed by atoms with Gasteiger partial charge < -0.3 is 4.90 Å². The molecule has 0 heterocycles. The standard InChI is InChI=1S/C14H18ClNO/c1-16(10-9-15)14(17)13-8-4-6-11-5-2-3-7-12(11)13/h2-3,5,7,13H,4,6,8-10H2,1H3. The molecule has 1 aliphatic rings. The van der Waals surface area contributed by atoms with Gasteiger partial charge in [-0.25, -0.2) is 0 Å². The lowest BCUT2D eigenvalue weighted by molar-refractivity contribution is -0.131. The van der Waals surface area contributed by atoms with E-state index in [9.17, 15) is 4.79 Å². The summed E-state index contributed by atoms with van der Waals surface area (Å²) in [6.07, 6.45) is 3.16. The fourth-order valence-electron chi connectivity index (χ4n) is 2.51. The zero-order valence-electron chi connectivity index (χ0n) is 10.2. The van der Waals surface area contributed by atoms with Crippen LogP contribution in [0.4, 0.5) is 0 Å². The molecule has 2 rings (SSSR count). The molecule has 1 aromatic carbocycles. The number of rotatable bonds is 3. The third-order valence-corrected chi connectivity index (χ3v) is 3.63. The Morgan fingerprint density at radius 1 is 1.47 bits per heavy atom. The van der Waals surface area contributed by atoms with E-state index in [1.807, 2.05) is 19.2 Å². The molecule has 0 N–H and O–H groups in total. The van der Waals surface area contributed by atoms with Crippen LogP contribution >= 0.6 is 11.6 Å². The molecule has 1 aliphatic carbocycles. The Morgan fingerprint density at radius 2 is 2.24 bits per heavy atom. The molecule has 0 spiro atoms. The fraction of sp³-hybridized carbons (Fsp3) is 0.500. The van der Waals surface area contributed by atoms with Gasteiger partial charge in [0, 0.05) is 19.5 Å². The zero-order chi connectivity index (χ0) is 12.3. The number of fused-ring (bicyclic) bond motifs is 1. The number of carbonyl (C=O) groups is 1. The van der Waals surface area contributed by atoms with Crippen LogP contribution in [-0.2, 0) is 11.2 Å². The van der Waals surface area contributed by atoms with E-state index in [0.717, 1.165) is 19.3 Å². The Kier molecular flexibility index (Phi) is 4.06. The second-order valence-electron chi connectivity index (χ2n) is 4.59. The quantitative estimate of drug-likeness (QED) is 0.757. The highest BCUT2D eigenvalue weighted by atomic mass is 35.5. The molecule has 0 aliphatic heterocycles. The van der Waals surface area contributed by atoms with Crippen LogP contribution < -0.4 is 0 Å². The summed E-state index contributed by atoms with van der Waals surface area (Å²) in [6.45, 7) is 0.624. The molecule has 0 bridgehead atoms. The van der Waals surface area contributed by atoms with E-state index < -0.39 is 0 Å². The molecule has 0 aromatic heterocycles. The number of benzene rings is 1. The molecule has 2 nitrogen and oxygen atoms in total. The molecule has 1 amide bonds. The van der Waals surface area contributed by atoms with Gasteiger partial charge in [-0.15, -0.1) is 11.6 Å². The second kappa shape index (κ2) is 5.54. The largest absolute Gasteiger partial charge is 0.344 e. The minimum Gasteiger partial charge on any atom is -0.344 e. The van der Waals surface area contributed by atoms with Gasteiger partial charge in [0.15, 0.2) is 0 Å². The first-order valence-corrected chi connectivity index (χ1v) is 6.66. The molecule has 0 saturated carbocycles. The third-order valence-electron chi connectivity index (χ3n) is 3.46. The third kappa shape index (κ3) is 2.63. The maximum atomic E-state index is 12.3. The van der Waals surface area contributed by atoms with E-state index in [4.69, 9.17) is 11.6 Å². The van der Waals surface area contributed by atoms with E-state index >= 15 is 0 Å². The van der Waals surface area contributed by atoms with Gasteiger partial charge in [0.1, 0.15) is 0 Å². The number of aryl methyl sites for hydroxylation is 1. The smallest absolute Gasteiger partial charge is 0.229 e. The summed E-state index contributed by atoms with van der Waals surface area (Å²) in [6, 6.07) is 8.29. The number of likely N-dealkylation sites (N-methyl/N-ethyl adjacent to an activating group) is 1. The fourth-order valence-corrected chi connectivity index (χ4v) is 2.77. The van der Waals surface area contributed by atoms with Crippen molar-refractivity contribution in [1.82, 2.24) is 4.90 Å². The number of nitrogens with zero attached hydrogens (tertiary/aromatic N) is 1. The monoisotopic (exact) mass is 251 g/mol. The van der Waals surface area contributed by atoms with E-state index in [1.54, 1.807) is 4.90 Å². The molecule has 1 aromatic rings. The molecule has 1 unspecified atom stereocenters. The number of alkyl halides is 1. The maximum absolute atomic E-state index is 12.3. The van der Waals surface area contributed by atoms with E-state index in [0.29, 0.717) is 12.4 Å². The van der Waals surface area contributed by atoms with E-state index in [1.165, 1.54) is 11.1 Å². The van der Waals surface area contributed by atoms with Crippen molar-refractivity contribution < 1.29 is 4.79 Å². The van der Waals surface area contributed by atoms with Crippen molar-refractivity contribution in [3.05, 3.63) is 35.4 Å². The summed E-state index contributed by atoms with van der Waals surface area (Å²) >= 11 is 5.69. The van der Waals surface area contributed by atoms with Crippen LogP contribution in [0.2, 0.25) is 0 Å². The average Bonchev–Trinajstić information content (AvgIpc) is 2.37. The highest BCUT2D eigenvalue weighted by molar-refractivity contribution is 6.18. The summed E-state index contributed by atoms with van der Waals surface area (Å²) < 4.78 is 0. The SMILES string of the molecule is CN(CCCl)C(=O)C1CCCc2ccccc21. The van der Waals surface area contributed by atoms with Crippen LogP contribution in [0, 0.1) is 0 Å². The molecule has 0 radical (unpaired) electrons. The summed E-state index contributed by atoms with van der Waals surface area (Å²) in [5.74, 6) is 0.738. The lowest BCUT2D eigenvalue weighted by Gasteiger charge is -2.28. The van der Waals surface area contributed by atoms with Crippen molar-refractivity contribution in [2.24, 2.45) is 0 Å². The Labute approximate surface area is 108 Å². The lowest BCUT2D eigenvalue weighted by atomic mass is 9.82. The summed E-state index contributed by atoms with van der Waals surface area (Å²) in [5, 5.41) is 0. The van der Waals surface area contributed by atoms with Crippen LogP contribution in [0.1, 0.15) is 29.9 Å². The van der Waals surface area contributed by atoms with Crippen LogP contribution in [0.15, 0.2) is 24.3 Å². The Morgan fingerprint density at radius 3 is 3.00 bits per heavy atom. The van der Waals surface area contributed by atoms with Crippen molar-refractivity contribution >= 4 is 17.5 Å². The predicted molar refractivity (Wildman–Crippen MR) is 70.5 cm³/mol. The first kappa shape index (κ1) is 12.4. The van der Waals surface area contributed by atoms with Crippen LogP contribution in [0.5, 0.6) is 0 Å². The van der Waals surface area contributed by atoms with Gasteiger partial charge in [0.25, 0.3) is 0 Å². The molecule has 0 saturated heterocycles. The van der Waals surface area contributed by atoms with Crippen LogP contribution in [-0.4, -0.2) is 30.3 Å². The molecule has 17 heavy (non-hydrogen) atoms. The minimum atomic E-state index is 0.0353. The molecule has 3 heteroatoms. The topological polar surface area (TPSA) is 20.3 Å². The van der Waals surface area contributed by atoms with Gasteiger partial charge in [-0.2, -0.15) is 0 Å². The van der Waals surface area contributed by atoms with Crippen molar-refractivity contribution in [2.45, 2.75) is 25.2 Å². The Hall–Kier alpha value is -1.02. The Bertz CT molecular complexity index is 405. The summed E-state index contributed by atoms with van der Waals surface area (Å²) in [5.41, 5.74) is 2.54. The van der Waals surface area contributed by atoms with Gasteiger partial charge >= 0.3 is 0 Å². The molecule has 1 atom stereocenters.